The first-order chi connectivity index (χ1) is 6.11. The first-order valence-corrected chi connectivity index (χ1v) is 4.71. The van der Waals surface area contributed by atoms with Gasteiger partial charge in [-0.05, 0) is 13.2 Å². The van der Waals surface area contributed by atoms with Crippen LogP contribution in [0.5, 0.6) is 5.88 Å². The van der Waals surface area contributed by atoms with Gasteiger partial charge in [-0.1, -0.05) is 11.8 Å². The van der Waals surface area contributed by atoms with Gasteiger partial charge in [0, 0.05) is 11.8 Å². The summed E-state index contributed by atoms with van der Waals surface area (Å²) in [4.78, 5) is 18.4. The Hall–Kier alpha value is -1.30. The average Bonchev–Trinajstić information content (AvgIpc) is 2.01. The highest BCUT2D eigenvalue weighted by molar-refractivity contribution is 7.98. The number of amides is 1. The Kier molecular flexibility index (Phi) is 3.07. The minimum Gasteiger partial charge on any atom is -0.391 e. The van der Waals surface area contributed by atoms with E-state index in [1.54, 1.807) is 13.0 Å². The quantitative estimate of drug-likeness (QED) is 0.567. The molecule has 0 aliphatic rings. The Morgan fingerprint density at radius 1 is 1.62 bits per heavy atom. The van der Waals surface area contributed by atoms with Gasteiger partial charge in [0.05, 0.1) is 0 Å². The fraction of sp³-hybridized carbons (Fsp3) is 0.286. The number of aromatic nitrogens is 2. The summed E-state index contributed by atoms with van der Waals surface area (Å²) in [5, 5.41) is 0.552. The molecule has 0 spiro atoms. The first kappa shape index (κ1) is 9.79. The van der Waals surface area contributed by atoms with E-state index in [4.69, 9.17) is 5.73 Å². The van der Waals surface area contributed by atoms with Gasteiger partial charge in [-0.3, -0.25) is 0 Å². The van der Waals surface area contributed by atoms with Crippen molar-refractivity contribution in [1.82, 2.24) is 9.97 Å². The molecule has 0 saturated carbocycles. The number of aryl methyl sites for hydroxylation is 1. The second kappa shape index (κ2) is 4.08. The van der Waals surface area contributed by atoms with Crippen molar-refractivity contribution in [2.45, 2.75) is 12.1 Å². The molecule has 6 heteroatoms. The molecule has 1 aromatic rings. The summed E-state index contributed by atoms with van der Waals surface area (Å²) in [6.07, 6.45) is 0.966. The maximum atomic E-state index is 10.4. The fourth-order valence-electron chi connectivity index (χ4n) is 0.760. The molecular weight excluding hydrogens is 190 g/mol. The van der Waals surface area contributed by atoms with E-state index in [1.165, 1.54) is 11.8 Å². The van der Waals surface area contributed by atoms with Crippen molar-refractivity contribution < 1.29 is 9.53 Å². The summed E-state index contributed by atoms with van der Waals surface area (Å²) >= 11 is 1.37. The van der Waals surface area contributed by atoms with Crippen LogP contribution in [-0.2, 0) is 0 Å². The van der Waals surface area contributed by atoms with Crippen molar-refractivity contribution in [2.75, 3.05) is 6.26 Å². The Morgan fingerprint density at radius 2 is 2.31 bits per heavy atom. The van der Waals surface area contributed by atoms with Gasteiger partial charge in [0.15, 0.2) is 5.16 Å². The van der Waals surface area contributed by atoms with Crippen molar-refractivity contribution >= 4 is 17.9 Å². The Morgan fingerprint density at radius 3 is 2.85 bits per heavy atom. The highest BCUT2D eigenvalue weighted by Crippen LogP contribution is 2.14. The lowest BCUT2D eigenvalue weighted by molar-refractivity contribution is 0.208. The Labute approximate surface area is 79.7 Å². The number of primary amides is 1. The molecule has 0 aromatic carbocycles. The molecule has 5 nitrogen and oxygen atoms in total. The number of carbonyl (C=O) groups excluding carboxylic acids is 1. The van der Waals surface area contributed by atoms with Crippen LogP contribution in [0, 0.1) is 6.92 Å². The number of nitrogens with zero attached hydrogens (tertiary/aromatic N) is 2. The van der Waals surface area contributed by atoms with Crippen LogP contribution in [0.4, 0.5) is 4.79 Å². The Bertz CT molecular complexity index is 330. The summed E-state index contributed by atoms with van der Waals surface area (Å²) in [6, 6.07) is 1.55. The number of thioether (sulfide) groups is 1. The van der Waals surface area contributed by atoms with E-state index in [0.29, 0.717) is 5.16 Å². The molecule has 0 unspecified atom stereocenters. The molecule has 13 heavy (non-hydrogen) atoms. The molecule has 0 atom stereocenters. The third kappa shape index (κ3) is 2.90. The summed E-state index contributed by atoms with van der Waals surface area (Å²) in [7, 11) is 0. The highest BCUT2D eigenvalue weighted by Gasteiger charge is 2.04. The van der Waals surface area contributed by atoms with Gasteiger partial charge in [-0.2, -0.15) is 4.98 Å². The van der Waals surface area contributed by atoms with Crippen LogP contribution >= 0.6 is 11.8 Å². The molecule has 1 heterocycles. The molecule has 70 valence electrons. The van der Waals surface area contributed by atoms with E-state index in [-0.39, 0.29) is 5.88 Å². The van der Waals surface area contributed by atoms with Gasteiger partial charge in [0.2, 0.25) is 5.88 Å². The average molecular weight is 199 g/mol. The van der Waals surface area contributed by atoms with Crippen LogP contribution in [0.25, 0.3) is 0 Å². The normalized spacial score (nSPS) is 9.69. The zero-order valence-electron chi connectivity index (χ0n) is 7.27. The third-order valence-corrected chi connectivity index (χ3v) is 1.75. The van der Waals surface area contributed by atoms with Gasteiger partial charge in [-0.15, -0.1) is 0 Å². The summed E-state index contributed by atoms with van der Waals surface area (Å²) in [5.74, 6) is 0.185. The molecule has 2 N–H and O–H groups in total. The predicted molar refractivity (Wildman–Crippen MR) is 48.8 cm³/mol. The number of carbonyl (C=O) groups is 1. The molecule has 1 rings (SSSR count). The fourth-order valence-corrected chi connectivity index (χ4v) is 1.18. The van der Waals surface area contributed by atoms with Crippen LogP contribution < -0.4 is 10.5 Å². The van der Waals surface area contributed by atoms with Crippen LogP contribution in [0.1, 0.15) is 5.69 Å². The molecular formula is C7H9N3O2S. The minimum atomic E-state index is -0.870. The maximum absolute atomic E-state index is 10.4. The Balaban J connectivity index is 2.94. The number of ether oxygens (including phenoxy) is 1. The summed E-state index contributed by atoms with van der Waals surface area (Å²) < 4.78 is 4.61. The van der Waals surface area contributed by atoms with Crippen molar-refractivity contribution in [3.8, 4) is 5.88 Å². The van der Waals surface area contributed by atoms with E-state index >= 15 is 0 Å². The van der Waals surface area contributed by atoms with E-state index in [1.807, 2.05) is 6.26 Å². The van der Waals surface area contributed by atoms with E-state index in [2.05, 4.69) is 14.7 Å². The molecule has 0 bridgehead atoms. The van der Waals surface area contributed by atoms with E-state index in [9.17, 15) is 4.79 Å². The lowest BCUT2D eigenvalue weighted by Crippen LogP contribution is -2.17. The molecule has 1 aromatic heterocycles. The first-order valence-electron chi connectivity index (χ1n) is 3.49. The molecule has 0 aliphatic heterocycles. The summed E-state index contributed by atoms with van der Waals surface area (Å²) in [5.41, 5.74) is 5.57. The molecule has 0 radical (unpaired) electrons. The number of hydrogen-bond donors (Lipinski definition) is 1. The van der Waals surface area contributed by atoms with Crippen molar-refractivity contribution in [1.29, 1.82) is 0 Å². The highest BCUT2D eigenvalue weighted by atomic mass is 32.2. The zero-order valence-corrected chi connectivity index (χ0v) is 8.09. The number of rotatable bonds is 2. The molecule has 1 amide bonds. The summed E-state index contributed by atoms with van der Waals surface area (Å²) in [6.45, 7) is 1.79. The predicted octanol–water partition coefficient (Wildman–Crippen LogP) is 0.964. The molecule has 0 saturated heterocycles. The number of hydrogen-bond acceptors (Lipinski definition) is 5. The van der Waals surface area contributed by atoms with Gasteiger partial charge in [0.1, 0.15) is 0 Å². The standard InChI is InChI=1S/C7H9N3O2S/c1-4-3-5(12-6(8)11)10-7(9-4)13-2/h3H,1-2H3,(H2,8,11). The smallest absolute Gasteiger partial charge is 0.391 e. The monoisotopic (exact) mass is 199 g/mol. The van der Waals surface area contributed by atoms with Gasteiger partial charge < -0.3 is 10.5 Å². The van der Waals surface area contributed by atoms with Crippen LogP contribution in [0.2, 0.25) is 0 Å². The van der Waals surface area contributed by atoms with E-state index in [0.717, 1.165) is 5.69 Å². The van der Waals surface area contributed by atoms with Gasteiger partial charge in [0.25, 0.3) is 0 Å². The van der Waals surface area contributed by atoms with Crippen LogP contribution in [-0.4, -0.2) is 22.3 Å². The maximum Gasteiger partial charge on any atom is 0.411 e. The zero-order chi connectivity index (χ0) is 9.84. The number of nitrogens with two attached hydrogens (primary N) is 1. The molecule has 0 fully saturated rings. The second-order valence-corrected chi connectivity index (χ2v) is 3.03. The van der Waals surface area contributed by atoms with Gasteiger partial charge in [-0.25, -0.2) is 9.78 Å². The second-order valence-electron chi connectivity index (χ2n) is 2.26. The van der Waals surface area contributed by atoms with Crippen LogP contribution in [0.3, 0.4) is 0 Å². The lowest BCUT2D eigenvalue weighted by Gasteiger charge is -2.02. The third-order valence-electron chi connectivity index (χ3n) is 1.20. The minimum absolute atomic E-state index is 0.185. The van der Waals surface area contributed by atoms with E-state index < -0.39 is 6.09 Å². The SMILES string of the molecule is CSc1nc(C)cc(OC(N)=O)n1. The topological polar surface area (TPSA) is 78.1 Å². The largest absolute Gasteiger partial charge is 0.411 e. The van der Waals surface area contributed by atoms with Crippen molar-refractivity contribution in [2.24, 2.45) is 5.73 Å². The van der Waals surface area contributed by atoms with Crippen molar-refractivity contribution in [3.05, 3.63) is 11.8 Å². The lowest BCUT2D eigenvalue weighted by atomic mass is 10.4. The van der Waals surface area contributed by atoms with Crippen LogP contribution in [0.15, 0.2) is 11.2 Å². The molecule has 0 aliphatic carbocycles. The van der Waals surface area contributed by atoms with Crippen molar-refractivity contribution in [3.63, 3.8) is 0 Å². The van der Waals surface area contributed by atoms with Gasteiger partial charge >= 0.3 is 6.09 Å².